The molecule has 8 heteroatoms. The molecule has 1 aromatic heterocycles. The largest absolute Gasteiger partial charge is 0.484 e. The first-order valence-electron chi connectivity index (χ1n) is 8.41. The predicted octanol–water partition coefficient (Wildman–Crippen LogP) is 4.45. The molecule has 0 unspecified atom stereocenters. The minimum atomic E-state index is -0.461. The van der Waals surface area contributed by atoms with Crippen molar-refractivity contribution in [2.45, 2.75) is 13.5 Å². The zero-order chi connectivity index (χ0) is 19.9. The number of anilines is 1. The van der Waals surface area contributed by atoms with Gasteiger partial charge < -0.3 is 14.5 Å². The van der Waals surface area contributed by atoms with Crippen LogP contribution in [-0.4, -0.2) is 11.0 Å². The van der Waals surface area contributed by atoms with Crippen molar-refractivity contribution in [1.29, 1.82) is 0 Å². The molecule has 0 bridgehead atoms. The van der Waals surface area contributed by atoms with E-state index in [-0.39, 0.29) is 17.5 Å². The summed E-state index contributed by atoms with van der Waals surface area (Å²) in [5.41, 5.74) is 7.07. The van der Waals surface area contributed by atoms with Crippen molar-refractivity contribution in [3.8, 4) is 5.75 Å². The summed E-state index contributed by atoms with van der Waals surface area (Å²) in [6, 6.07) is 18.0. The first-order valence-corrected chi connectivity index (χ1v) is 9.20. The van der Waals surface area contributed by atoms with Crippen molar-refractivity contribution in [1.82, 2.24) is 10.9 Å². The van der Waals surface area contributed by atoms with Crippen LogP contribution in [0.1, 0.15) is 21.9 Å². The van der Waals surface area contributed by atoms with Crippen molar-refractivity contribution in [3.05, 3.63) is 82.8 Å². The number of hydrogen-bond donors (Lipinski definition) is 3. The summed E-state index contributed by atoms with van der Waals surface area (Å²) in [6.45, 7) is 2.15. The van der Waals surface area contributed by atoms with Crippen molar-refractivity contribution in [2.24, 2.45) is 0 Å². The molecule has 0 spiro atoms. The van der Waals surface area contributed by atoms with Gasteiger partial charge in [0, 0.05) is 5.69 Å². The van der Waals surface area contributed by atoms with Crippen LogP contribution < -0.4 is 20.9 Å². The van der Waals surface area contributed by atoms with Gasteiger partial charge in [-0.15, -0.1) is 0 Å². The van der Waals surface area contributed by atoms with Crippen LogP contribution in [0.2, 0.25) is 5.02 Å². The molecule has 0 atom stereocenters. The van der Waals surface area contributed by atoms with E-state index in [4.69, 9.17) is 33.0 Å². The third-order valence-electron chi connectivity index (χ3n) is 3.69. The van der Waals surface area contributed by atoms with E-state index in [0.717, 1.165) is 11.3 Å². The fourth-order valence-corrected chi connectivity index (χ4v) is 2.62. The van der Waals surface area contributed by atoms with Gasteiger partial charge in [-0.05, 0) is 55.5 Å². The van der Waals surface area contributed by atoms with Crippen LogP contribution in [0.15, 0.2) is 65.1 Å². The summed E-state index contributed by atoms with van der Waals surface area (Å²) in [6.07, 6.45) is 0. The number of nitrogens with one attached hydrogen (secondary N) is 3. The van der Waals surface area contributed by atoms with Crippen molar-refractivity contribution in [2.75, 3.05) is 5.32 Å². The van der Waals surface area contributed by atoms with Crippen molar-refractivity contribution >= 4 is 40.5 Å². The SMILES string of the molecule is Cc1ccc(NC(=S)NNC(=O)c2ccc(COc3ccccc3Cl)o2)cc1. The molecule has 0 fully saturated rings. The number of para-hydroxylation sites is 1. The zero-order valence-electron chi connectivity index (χ0n) is 15.0. The highest BCUT2D eigenvalue weighted by atomic mass is 35.5. The second-order valence-electron chi connectivity index (χ2n) is 5.88. The Balaban J connectivity index is 1.47. The molecule has 6 nitrogen and oxygen atoms in total. The summed E-state index contributed by atoms with van der Waals surface area (Å²) >= 11 is 11.2. The molecule has 144 valence electrons. The predicted molar refractivity (Wildman–Crippen MR) is 112 cm³/mol. The van der Waals surface area contributed by atoms with Gasteiger partial charge in [0.15, 0.2) is 10.9 Å². The van der Waals surface area contributed by atoms with Crippen LogP contribution in [-0.2, 0) is 6.61 Å². The number of halogens is 1. The highest BCUT2D eigenvalue weighted by molar-refractivity contribution is 7.80. The minimum Gasteiger partial charge on any atom is -0.484 e. The Hall–Kier alpha value is -3.03. The van der Waals surface area contributed by atoms with Crippen molar-refractivity contribution < 1.29 is 13.9 Å². The van der Waals surface area contributed by atoms with E-state index >= 15 is 0 Å². The first kappa shape index (κ1) is 19.7. The van der Waals surface area contributed by atoms with Gasteiger partial charge >= 0.3 is 5.91 Å². The number of carbonyl (C=O) groups is 1. The second kappa shape index (κ2) is 9.25. The third-order valence-corrected chi connectivity index (χ3v) is 4.21. The Morgan fingerprint density at radius 1 is 1.07 bits per heavy atom. The van der Waals surface area contributed by atoms with E-state index in [1.807, 2.05) is 43.3 Å². The number of ether oxygens (including phenoxy) is 1. The van der Waals surface area contributed by atoms with Gasteiger partial charge in [-0.1, -0.05) is 41.4 Å². The molecule has 0 aliphatic carbocycles. The molecule has 3 rings (SSSR count). The van der Waals surface area contributed by atoms with Crippen molar-refractivity contribution in [3.63, 3.8) is 0 Å². The highest BCUT2D eigenvalue weighted by Gasteiger charge is 2.12. The average molecular weight is 416 g/mol. The quantitative estimate of drug-likeness (QED) is 0.422. The average Bonchev–Trinajstić information content (AvgIpc) is 3.16. The number of furan rings is 1. The zero-order valence-corrected chi connectivity index (χ0v) is 16.6. The van der Waals surface area contributed by atoms with Gasteiger partial charge in [0.05, 0.1) is 5.02 Å². The summed E-state index contributed by atoms with van der Waals surface area (Å²) in [5, 5.41) is 3.73. The van der Waals surface area contributed by atoms with E-state index in [2.05, 4.69) is 16.2 Å². The summed E-state index contributed by atoms with van der Waals surface area (Å²) < 4.78 is 11.1. The number of thiocarbonyl (C=S) groups is 1. The van der Waals surface area contributed by atoms with Crippen LogP contribution in [0.4, 0.5) is 5.69 Å². The lowest BCUT2D eigenvalue weighted by Gasteiger charge is -2.11. The van der Waals surface area contributed by atoms with Gasteiger partial charge in [-0.3, -0.25) is 15.6 Å². The summed E-state index contributed by atoms with van der Waals surface area (Å²) in [4.78, 5) is 12.2. The molecule has 0 saturated carbocycles. The van der Waals surface area contributed by atoms with E-state index in [1.54, 1.807) is 24.3 Å². The summed E-state index contributed by atoms with van der Waals surface area (Å²) in [5.74, 6) is 0.701. The first-order chi connectivity index (χ1) is 13.5. The maximum absolute atomic E-state index is 12.2. The molecule has 3 aromatic rings. The summed E-state index contributed by atoms with van der Waals surface area (Å²) in [7, 11) is 0. The fourth-order valence-electron chi connectivity index (χ4n) is 2.26. The number of amides is 1. The van der Waals surface area contributed by atoms with Crippen LogP contribution in [0, 0.1) is 6.92 Å². The number of hydrogen-bond acceptors (Lipinski definition) is 4. The number of aryl methyl sites for hydroxylation is 1. The van der Waals surface area contributed by atoms with E-state index < -0.39 is 5.91 Å². The molecule has 0 radical (unpaired) electrons. The van der Waals surface area contributed by atoms with Gasteiger partial charge in [0.2, 0.25) is 0 Å². The molecular formula is C20H18ClN3O3S. The topological polar surface area (TPSA) is 75.5 Å². The molecule has 3 N–H and O–H groups in total. The Labute approximate surface area is 172 Å². The Bertz CT molecular complexity index is 973. The Kier molecular flexibility index (Phi) is 6.52. The lowest BCUT2D eigenvalue weighted by atomic mass is 10.2. The Morgan fingerprint density at radius 3 is 2.57 bits per heavy atom. The minimum absolute atomic E-state index is 0.128. The van der Waals surface area contributed by atoms with Gasteiger partial charge in [0.25, 0.3) is 0 Å². The van der Waals surface area contributed by atoms with E-state index in [1.165, 1.54) is 0 Å². The van der Waals surface area contributed by atoms with E-state index in [0.29, 0.717) is 16.5 Å². The normalized spacial score (nSPS) is 10.2. The maximum atomic E-state index is 12.2. The second-order valence-corrected chi connectivity index (χ2v) is 6.70. The van der Waals surface area contributed by atoms with Crippen LogP contribution in [0.5, 0.6) is 5.75 Å². The number of benzene rings is 2. The Morgan fingerprint density at radius 2 is 1.82 bits per heavy atom. The van der Waals surface area contributed by atoms with Gasteiger partial charge in [-0.2, -0.15) is 0 Å². The van der Waals surface area contributed by atoms with Crippen LogP contribution in [0.3, 0.4) is 0 Å². The molecule has 28 heavy (non-hydrogen) atoms. The molecule has 0 aliphatic heterocycles. The monoisotopic (exact) mass is 415 g/mol. The van der Waals surface area contributed by atoms with Crippen LogP contribution >= 0.6 is 23.8 Å². The standard InChI is InChI=1S/C20H18ClN3O3S/c1-13-6-8-14(9-7-13)22-20(28)24-23-19(25)18-11-10-15(27-18)12-26-17-5-3-2-4-16(17)21/h2-11H,12H2,1H3,(H,23,25)(H2,22,24,28). The molecule has 0 aliphatic rings. The molecule has 0 saturated heterocycles. The smallest absolute Gasteiger partial charge is 0.305 e. The molecular weight excluding hydrogens is 398 g/mol. The molecule has 1 amide bonds. The van der Waals surface area contributed by atoms with Gasteiger partial charge in [-0.25, -0.2) is 0 Å². The molecule has 2 aromatic carbocycles. The number of carbonyl (C=O) groups excluding carboxylic acids is 1. The highest BCUT2D eigenvalue weighted by Crippen LogP contribution is 2.24. The lowest BCUT2D eigenvalue weighted by Crippen LogP contribution is -2.43. The van der Waals surface area contributed by atoms with Gasteiger partial charge in [0.1, 0.15) is 18.1 Å². The number of rotatable bonds is 5. The van der Waals surface area contributed by atoms with E-state index in [9.17, 15) is 4.79 Å². The fraction of sp³-hybridized carbons (Fsp3) is 0.100. The maximum Gasteiger partial charge on any atom is 0.305 e. The number of hydrazine groups is 1. The van der Waals surface area contributed by atoms with Crippen LogP contribution in [0.25, 0.3) is 0 Å². The third kappa shape index (κ3) is 5.48. The molecule has 1 heterocycles. The lowest BCUT2D eigenvalue weighted by molar-refractivity contribution is 0.0912.